The average molecular weight is 260 g/mol. The summed E-state index contributed by atoms with van der Waals surface area (Å²) in [7, 11) is 0. The molecule has 0 aliphatic carbocycles. The van der Waals surface area contributed by atoms with E-state index in [1.807, 2.05) is 12.1 Å². The van der Waals surface area contributed by atoms with Gasteiger partial charge in [-0.25, -0.2) is 4.98 Å². The maximum atomic E-state index is 8.73. The molecule has 0 spiro atoms. The predicted octanol–water partition coefficient (Wildman–Crippen LogP) is 1.19. The number of nitrogens with zero attached hydrogens (tertiary/aromatic N) is 1. The zero-order chi connectivity index (χ0) is 13.3. The lowest BCUT2D eigenvalue weighted by molar-refractivity contribution is 0.208. The molecule has 102 valence electrons. The molecular weight excluding hydrogens is 240 g/mol. The van der Waals surface area contributed by atoms with Crippen LogP contribution in [0.1, 0.15) is 24.8 Å². The van der Waals surface area contributed by atoms with Crippen LogP contribution in [0.5, 0.6) is 5.88 Å². The van der Waals surface area contributed by atoms with Crippen molar-refractivity contribution < 1.29 is 9.84 Å². The summed E-state index contributed by atoms with van der Waals surface area (Å²) in [6.45, 7) is 2.92. The van der Waals surface area contributed by atoms with Gasteiger partial charge in [-0.15, -0.1) is 0 Å². The van der Waals surface area contributed by atoms with E-state index in [1.165, 1.54) is 0 Å². The molecule has 0 amide bonds. The molecule has 19 heavy (non-hydrogen) atoms. The number of nitrogens with one attached hydrogen (secondary N) is 1. The van der Waals surface area contributed by atoms with Gasteiger partial charge in [-0.05, 0) is 44.0 Å². The van der Waals surface area contributed by atoms with Gasteiger partial charge in [0.15, 0.2) is 0 Å². The van der Waals surface area contributed by atoms with Gasteiger partial charge < -0.3 is 15.2 Å². The number of ether oxygens (including phenoxy) is 1. The second kappa shape index (κ2) is 7.78. The van der Waals surface area contributed by atoms with E-state index in [-0.39, 0.29) is 6.61 Å². The quantitative estimate of drug-likeness (QED) is 0.799. The molecule has 2 N–H and O–H groups in total. The molecule has 0 saturated carbocycles. The fourth-order valence-corrected chi connectivity index (χ4v) is 2.06. The van der Waals surface area contributed by atoms with Gasteiger partial charge in [0.25, 0.3) is 0 Å². The summed E-state index contributed by atoms with van der Waals surface area (Å²) in [5.74, 6) is 7.09. The average Bonchev–Trinajstić information content (AvgIpc) is 2.48. The Labute approximate surface area is 114 Å². The fourth-order valence-electron chi connectivity index (χ4n) is 2.06. The van der Waals surface area contributed by atoms with Crippen LogP contribution in [0, 0.1) is 17.8 Å². The minimum Gasteiger partial charge on any atom is -0.476 e. The Kier molecular flexibility index (Phi) is 5.67. The van der Waals surface area contributed by atoms with Crippen molar-refractivity contribution in [2.45, 2.75) is 19.3 Å². The van der Waals surface area contributed by atoms with E-state index in [1.54, 1.807) is 6.20 Å². The summed E-state index contributed by atoms with van der Waals surface area (Å²) < 4.78 is 5.80. The highest BCUT2D eigenvalue weighted by molar-refractivity contribution is 5.41. The smallest absolute Gasteiger partial charge is 0.229 e. The number of aromatic nitrogens is 1. The number of hydrogen-bond acceptors (Lipinski definition) is 4. The number of pyridine rings is 1. The summed E-state index contributed by atoms with van der Waals surface area (Å²) in [4.78, 5) is 4.24. The van der Waals surface area contributed by atoms with E-state index < -0.39 is 0 Å². The highest BCUT2D eigenvalue weighted by atomic mass is 16.5. The van der Waals surface area contributed by atoms with Gasteiger partial charge in [0.2, 0.25) is 5.88 Å². The summed E-state index contributed by atoms with van der Waals surface area (Å²) in [6, 6.07) is 3.75. The molecule has 1 aliphatic heterocycles. The molecule has 0 unspecified atom stereocenters. The number of piperidine rings is 1. The first-order valence-electron chi connectivity index (χ1n) is 6.78. The molecule has 0 bridgehead atoms. The van der Waals surface area contributed by atoms with Crippen molar-refractivity contribution in [2.75, 3.05) is 26.3 Å². The molecule has 1 fully saturated rings. The van der Waals surface area contributed by atoms with E-state index >= 15 is 0 Å². The minimum atomic E-state index is 0.0819. The Bertz CT molecular complexity index is 445. The van der Waals surface area contributed by atoms with Crippen molar-refractivity contribution in [3.63, 3.8) is 0 Å². The van der Waals surface area contributed by atoms with Crippen LogP contribution in [0.3, 0.4) is 0 Å². The first-order valence-corrected chi connectivity index (χ1v) is 6.78. The van der Waals surface area contributed by atoms with Crippen molar-refractivity contribution in [3.8, 4) is 17.7 Å². The van der Waals surface area contributed by atoms with Crippen LogP contribution in [0.2, 0.25) is 0 Å². The topological polar surface area (TPSA) is 54.4 Å². The summed E-state index contributed by atoms with van der Waals surface area (Å²) in [5, 5.41) is 12.1. The van der Waals surface area contributed by atoms with Crippen LogP contribution in [-0.2, 0) is 0 Å². The third kappa shape index (κ3) is 4.55. The van der Waals surface area contributed by atoms with E-state index in [2.05, 4.69) is 22.1 Å². The maximum absolute atomic E-state index is 8.73. The third-order valence-corrected chi connectivity index (χ3v) is 3.15. The van der Waals surface area contributed by atoms with Crippen LogP contribution >= 0.6 is 0 Å². The molecule has 0 atom stereocenters. The molecule has 1 aromatic heterocycles. The molecule has 2 rings (SSSR count). The zero-order valence-corrected chi connectivity index (χ0v) is 11.1. The van der Waals surface area contributed by atoms with E-state index in [0.717, 1.165) is 31.5 Å². The van der Waals surface area contributed by atoms with Crippen LogP contribution in [-0.4, -0.2) is 36.4 Å². The highest BCUT2D eigenvalue weighted by Gasteiger charge is 2.14. The van der Waals surface area contributed by atoms with Gasteiger partial charge in [0, 0.05) is 12.6 Å². The number of rotatable bonds is 4. The largest absolute Gasteiger partial charge is 0.476 e. The minimum absolute atomic E-state index is 0.0819. The van der Waals surface area contributed by atoms with Crippen LogP contribution in [0.4, 0.5) is 0 Å². The maximum Gasteiger partial charge on any atom is 0.229 e. The van der Waals surface area contributed by atoms with E-state index in [0.29, 0.717) is 24.8 Å². The number of hydrogen-bond donors (Lipinski definition) is 2. The van der Waals surface area contributed by atoms with Crippen molar-refractivity contribution in [3.05, 3.63) is 23.9 Å². The third-order valence-electron chi connectivity index (χ3n) is 3.15. The first-order chi connectivity index (χ1) is 9.40. The van der Waals surface area contributed by atoms with Gasteiger partial charge in [0.05, 0.1) is 18.8 Å². The molecule has 0 radical (unpaired) electrons. The zero-order valence-electron chi connectivity index (χ0n) is 11.1. The van der Waals surface area contributed by atoms with Gasteiger partial charge in [-0.3, -0.25) is 0 Å². The molecule has 1 saturated heterocycles. The lowest BCUT2D eigenvalue weighted by Crippen LogP contribution is -2.30. The molecule has 1 aromatic rings. The van der Waals surface area contributed by atoms with Gasteiger partial charge in [-0.1, -0.05) is 11.8 Å². The molecule has 4 nitrogen and oxygen atoms in total. The SMILES string of the molecule is OCCC#Cc1cccnc1OCC1CCNCC1. The second-order valence-electron chi connectivity index (χ2n) is 4.64. The molecule has 2 heterocycles. The summed E-state index contributed by atoms with van der Waals surface area (Å²) in [5.41, 5.74) is 0.796. The van der Waals surface area contributed by atoms with E-state index in [9.17, 15) is 0 Å². The Balaban J connectivity index is 1.93. The van der Waals surface area contributed by atoms with Gasteiger partial charge in [-0.2, -0.15) is 0 Å². The Hall–Kier alpha value is -1.57. The fraction of sp³-hybridized carbons (Fsp3) is 0.533. The summed E-state index contributed by atoms with van der Waals surface area (Å²) in [6.07, 6.45) is 4.49. The Morgan fingerprint density at radius 2 is 2.26 bits per heavy atom. The monoisotopic (exact) mass is 260 g/mol. The predicted molar refractivity (Wildman–Crippen MR) is 73.9 cm³/mol. The Morgan fingerprint density at radius 3 is 3.05 bits per heavy atom. The second-order valence-corrected chi connectivity index (χ2v) is 4.64. The van der Waals surface area contributed by atoms with Gasteiger partial charge >= 0.3 is 0 Å². The summed E-state index contributed by atoms with van der Waals surface area (Å²) >= 11 is 0. The standard InChI is InChI=1S/C15H20N2O2/c18-11-2-1-4-14-5-3-8-17-15(14)19-12-13-6-9-16-10-7-13/h3,5,8,13,16,18H,2,6-7,9-12H2. The van der Waals surface area contributed by atoms with Crippen LogP contribution < -0.4 is 10.1 Å². The lowest BCUT2D eigenvalue weighted by atomic mass is 9.99. The molecule has 4 heteroatoms. The van der Waals surface area contributed by atoms with Crippen LogP contribution in [0.25, 0.3) is 0 Å². The van der Waals surface area contributed by atoms with Crippen LogP contribution in [0.15, 0.2) is 18.3 Å². The van der Waals surface area contributed by atoms with Crippen molar-refractivity contribution in [1.29, 1.82) is 0 Å². The van der Waals surface area contributed by atoms with Crippen molar-refractivity contribution >= 4 is 0 Å². The number of aliphatic hydroxyl groups excluding tert-OH is 1. The molecule has 1 aliphatic rings. The lowest BCUT2D eigenvalue weighted by Gasteiger charge is -2.22. The number of aliphatic hydroxyl groups is 1. The highest BCUT2D eigenvalue weighted by Crippen LogP contribution is 2.17. The molecule has 0 aromatic carbocycles. The first kappa shape index (κ1) is 13.9. The van der Waals surface area contributed by atoms with E-state index in [4.69, 9.17) is 9.84 Å². The Morgan fingerprint density at radius 1 is 1.42 bits per heavy atom. The van der Waals surface area contributed by atoms with Crippen molar-refractivity contribution in [2.24, 2.45) is 5.92 Å². The normalized spacial score (nSPS) is 15.6. The van der Waals surface area contributed by atoms with Crippen molar-refractivity contribution in [1.82, 2.24) is 10.3 Å². The molecular formula is C15H20N2O2. The van der Waals surface area contributed by atoms with Gasteiger partial charge in [0.1, 0.15) is 0 Å².